The molecule has 1 atom stereocenters. The van der Waals surface area contributed by atoms with E-state index in [0.717, 1.165) is 12.4 Å². The molecule has 0 radical (unpaired) electrons. The molecule has 110 valence electrons. The number of carbonyl (C=O) groups is 1. The Morgan fingerprint density at radius 1 is 1.43 bits per heavy atom. The minimum atomic E-state index is -0.520. The molecule has 0 spiro atoms. The molecule has 1 saturated heterocycles. The van der Waals surface area contributed by atoms with E-state index in [0.29, 0.717) is 25.2 Å². The fourth-order valence-corrected chi connectivity index (χ4v) is 2.13. The molecular formula is C12H13FN6O2. The maximum absolute atomic E-state index is 12.7. The van der Waals surface area contributed by atoms with Gasteiger partial charge in [-0.2, -0.15) is 0 Å². The number of rotatable bonds is 3. The SMILES string of the molecule is Cn1cc(C(=O)N2CCC(Oc3ncc(F)cn3)C2)nn1. The molecule has 1 unspecified atom stereocenters. The Labute approximate surface area is 119 Å². The molecule has 3 rings (SSSR count). The van der Waals surface area contributed by atoms with Crippen LogP contribution in [0.1, 0.15) is 16.9 Å². The molecule has 2 aromatic rings. The van der Waals surface area contributed by atoms with Crippen LogP contribution in [0.25, 0.3) is 0 Å². The fraction of sp³-hybridized carbons (Fsp3) is 0.417. The average Bonchev–Trinajstić information content (AvgIpc) is 3.10. The summed E-state index contributed by atoms with van der Waals surface area (Å²) in [6, 6.07) is 0.107. The van der Waals surface area contributed by atoms with Crippen molar-refractivity contribution in [2.24, 2.45) is 7.05 Å². The second-order valence-corrected chi connectivity index (χ2v) is 4.74. The Morgan fingerprint density at radius 3 is 2.86 bits per heavy atom. The standard InChI is InChI=1S/C12H13FN6O2/c1-18-7-10(16-17-18)11(20)19-3-2-9(6-19)21-12-14-4-8(13)5-15-12/h4-5,7,9H,2-3,6H2,1H3. The number of halogens is 1. The minimum absolute atomic E-state index is 0.107. The first kappa shape index (κ1) is 13.4. The Morgan fingerprint density at radius 2 is 2.19 bits per heavy atom. The van der Waals surface area contributed by atoms with Crippen molar-refractivity contribution in [2.45, 2.75) is 12.5 Å². The highest BCUT2D eigenvalue weighted by molar-refractivity contribution is 5.92. The summed E-state index contributed by atoms with van der Waals surface area (Å²) in [4.78, 5) is 21.3. The Hall–Kier alpha value is -2.58. The first-order valence-electron chi connectivity index (χ1n) is 6.41. The van der Waals surface area contributed by atoms with E-state index in [4.69, 9.17) is 4.74 Å². The van der Waals surface area contributed by atoms with Gasteiger partial charge in [-0.1, -0.05) is 5.21 Å². The molecule has 21 heavy (non-hydrogen) atoms. The summed E-state index contributed by atoms with van der Waals surface area (Å²) in [6.45, 7) is 0.970. The van der Waals surface area contributed by atoms with E-state index in [1.807, 2.05) is 0 Å². The molecule has 0 N–H and O–H groups in total. The first-order valence-corrected chi connectivity index (χ1v) is 6.41. The van der Waals surface area contributed by atoms with Gasteiger partial charge in [0.25, 0.3) is 5.91 Å². The number of carbonyl (C=O) groups excluding carboxylic acids is 1. The quantitative estimate of drug-likeness (QED) is 0.794. The van der Waals surface area contributed by atoms with E-state index in [2.05, 4.69) is 20.3 Å². The number of ether oxygens (including phenoxy) is 1. The van der Waals surface area contributed by atoms with Gasteiger partial charge in [0.2, 0.25) is 0 Å². The third kappa shape index (κ3) is 2.96. The predicted molar refractivity (Wildman–Crippen MR) is 67.9 cm³/mol. The molecule has 1 amide bonds. The Balaban J connectivity index is 1.60. The second kappa shape index (κ2) is 5.43. The average molecular weight is 292 g/mol. The van der Waals surface area contributed by atoms with Crippen molar-refractivity contribution in [1.82, 2.24) is 29.9 Å². The number of likely N-dealkylation sites (tertiary alicyclic amines) is 1. The lowest BCUT2D eigenvalue weighted by Gasteiger charge is -2.15. The highest BCUT2D eigenvalue weighted by atomic mass is 19.1. The van der Waals surface area contributed by atoms with Crippen LogP contribution in [0.2, 0.25) is 0 Å². The topological polar surface area (TPSA) is 86.0 Å². The van der Waals surface area contributed by atoms with E-state index in [-0.39, 0.29) is 18.0 Å². The lowest BCUT2D eigenvalue weighted by atomic mass is 10.3. The van der Waals surface area contributed by atoms with Gasteiger partial charge in [0.05, 0.1) is 25.1 Å². The lowest BCUT2D eigenvalue weighted by molar-refractivity contribution is 0.0763. The number of hydrogen-bond acceptors (Lipinski definition) is 6. The van der Waals surface area contributed by atoms with Crippen LogP contribution in [-0.4, -0.2) is 55.0 Å². The summed E-state index contributed by atoms with van der Waals surface area (Å²) in [7, 11) is 1.70. The van der Waals surface area contributed by atoms with Crippen molar-refractivity contribution in [1.29, 1.82) is 0 Å². The summed E-state index contributed by atoms with van der Waals surface area (Å²) in [5, 5.41) is 7.53. The molecule has 1 aliphatic rings. The third-order valence-electron chi connectivity index (χ3n) is 3.12. The smallest absolute Gasteiger partial charge is 0.316 e. The molecule has 0 aliphatic carbocycles. The van der Waals surface area contributed by atoms with Crippen LogP contribution in [0, 0.1) is 5.82 Å². The summed E-state index contributed by atoms with van der Waals surface area (Å²) in [6.07, 6.45) is 4.10. The van der Waals surface area contributed by atoms with Gasteiger partial charge in [-0.25, -0.2) is 14.4 Å². The van der Waals surface area contributed by atoms with Crippen LogP contribution in [0.15, 0.2) is 18.6 Å². The third-order valence-corrected chi connectivity index (χ3v) is 3.12. The largest absolute Gasteiger partial charge is 0.458 e. The monoisotopic (exact) mass is 292 g/mol. The zero-order chi connectivity index (χ0) is 14.8. The Kier molecular flexibility index (Phi) is 3.46. The lowest BCUT2D eigenvalue weighted by Crippen LogP contribution is -2.31. The van der Waals surface area contributed by atoms with Crippen LogP contribution in [0.4, 0.5) is 4.39 Å². The van der Waals surface area contributed by atoms with Gasteiger partial charge in [-0.15, -0.1) is 5.10 Å². The van der Waals surface area contributed by atoms with Crippen molar-refractivity contribution in [3.63, 3.8) is 0 Å². The summed E-state index contributed by atoms with van der Waals surface area (Å²) in [5.41, 5.74) is 0.302. The first-order chi connectivity index (χ1) is 10.1. The van der Waals surface area contributed by atoms with Gasteiger partial charge in [0.15, 0.2) is 11.5 Å². The Bertz CT molecular complexity index is 643. The van der Waals surface area contributed by atoms with E-state index in [9.17, 15) is 9.18 Å². The molecule has 0 bridgehead atoms. The number of nitrogens with zero attached hydrogens (tertiary/aromatic N) is 6. The molecule has 0 aromatic carbocycles. The molecule has 2 aromatic heterocycles. The van der Waals surface area contributed by atoms with E-state index in [1.54, 1.807) is 18.1 Å². The highest BCUT2D eigenvalue weighted by Crippen LogP contribution is 2.16. The maximum Gasteiger partial charge on any atom is 0.316 e. The normalized spacial score (nSPS) is 18.0. The minimum Gasteiger partial charge on any atom is -0.458 e. The number of amides is 1. The molecule has 8 nitrogen and oxygen atoms in total. The summed E-state index contributed by atoms with van der Waals surface area (Å²) in [5.74, 6) is -0.706. The molecule has 0 saturated carbocycles. The van der Waals surface area contributed by atoms with Crippen molar-refractivity contribution in [2.75, 3.05) is 13.1 Å². The number of hydrogen-bond donors (Lipinski definition) is 0. The highest BCUT2D eigenvalue weighted by Gasteiger charge is 2.30. The van der Waals surface area contributed by atoms with Crippen LogP contribution in [0.5, 0.6) is 6.01 Å². The summed E-state index contributed by atoms with van der Waals surface area (Å²) < 4.78 is 19.7. The van der Waals surface area contributed by atoms with Crippen molar-refractivity contribution < 1.29 is 13.9 Å². The van der Waals surface area contributed by atoms with Gasteiger partial charge in [-0.3, -0.25) is 9.48 Å². The van der Waals surface area contributed by atoms with E-state index < -0.39 is 5.82 Å². The zero-order valence-corrected chi connectivity index (χ0v) is 11.3. The van der Waals surface area contributed by atoms with Crippen molar-refractivity contribution in [3.8, 4) is 6.01 Å². The van der Waals surface area contributed by atoms with E-state index in [1.165, 1.54) is 4.68 Å². The van der Waals surface area contributed by atoms with Gasteiger partial charge in [0.1, 0.15) is 6.10 Å². The van der Waals surface area contributed by atoms with Gasteiger partial charge in [-0.05, 0) is 0 Å². The van der Waals surface area contributed by atoms with Crippen LogP contribution in [-0.2, 0) is 7.05 Å². The maximum atomic E-state index is 12.7. The molecule has 3 heterocycles. The van der Waals surface area contributed by atoms with Gasteiger partial charge in [0, 0.05) is 20.0 Å². The van der Waals surface area contributed by atoms with Crippen molar-refractivity contribution >= 4 is 5.91 Å². The van der Waals surface area contributed by atoms with Crippen molar-refractivity contribution in [3.05, 3.63) is 30.1 Å². The van der Waals surface area contributed by atoms with Crippen LogP contribution < -0.4 is 4.74 Å². The number of aromatic nitrogens is 5. The van der Waals surface area contributed by atoms with Crippen LogP contribution >= 0.6 is 0 Å². The molecule has 9 heteroatoms. The molecule has 1 fully saturated rings. The van der Waals surface area contributed by atoms with Gasteiger partial charge < -0.3 is 9.64 Å². The van der Waals surface area contributed by atoms with Gasteiger partial charge >= 0.3 is 6.01 Å². The zero-order valence-electron chi connectivity index (χ0n) is 11.3. The molecule has 1 aliphatic heterocycles. The number of aryl methyl sites for hydroxylation is 1. The predicted octanol–water partition coefficient (Wildman–Crippen LogP) is 0.0377. The summed E-state index contributed by atoms with van der Waals surface area (Å²) >= 11 is 0. The van der Waals surface area contributed by atoms with E-state index >= 15 is 0 Å². The fourth-order valence-electron chi connectivity index (χ4n) is 2.13. The molecular weight excluding hydrogens is 279 g/mol. The second-order valence-electron chi connectivity index (χ2n) is 4.74. The van der Waals surface area contributed by atoms with Crippen LogP contribution in [0.3, 0.4) is 0 Å².